The second kappa shape index (κ2) is 8.51. The van der Waals surface area contributed by atoms with Gasteiger partial charge in [0.05, 0.1) is 4.90 Å². The number of carbonyl (C=O) groups excluding carboxylic acids is 2. The number of amides is 1. The summed E-state index contributed by atoms with van der Waals surface area (Å²) in [4.78, 5) is 24.3. The molecule has 3 aromatic rings. The minimum absolute atomic E-state index is 0.103. The van der Waals surface area contributed by atoms with E-state index >= 15 is 0 Å². The number of ketones is 1. The number of Topliss-reactive ketones (excluding diaryl/α,β-unsaturated/α-hetero) is 1. The fourth-order valence-corrected chi connectivity index (χ4v) is 4.33. The molecule has 154 valence electrons. The Morgan fingerprint density at radius 3 is 2.13 bits per heavy atom. The monoisotopic (exact) mass is 422 g/mol. The third kappa shape index (κ3) is 4.93. The molecule has 1 amide bonds. The highest BCUT2D eigenvalue weighted by Crippen LogP contribution is 2.22. The Hall–Kier alpha value is -3.45. The summed E-state index contributed by atoms with van der Waals surface area (Å²) in [6.07, 6.45) is 0. The van der Waals surface area contributed by atoms with Crippen LogP contribution in [-0.4, -0.2) is 20.1 Å². The van der Waals surface area contributed by atoms with Crippen LogP contribution < -0.4 is 10.0 Å². The van der Waals surface area contributed by atoms with Crippen LogP contribution in [0.1, 0.15) is 38.8 Å². The average molecular weight is 423 g/mol. The summed E-state index contributed by atoms with van der Waals surface area (Å²) in [6.45, 7) is 5.00. The molecule has 0 heterocycles. The first kappa shape index (κ1) is 21.3. The van der Waals surface area contributed by atoms with Crippen molar-refractivity contribution >= 4 is 33.1 Å². The van der Waals surface area contributed by atoms with Crippen LogP contribution in [0, 0.1) is 13.8 Å². The molecule has 0 fully saturated rings. The lowest BCUT2D eigenvalue weighted by Gasteiger charge is -2.12. The van der Waals surface area contributed by atoms with Gasteiger partial charge in [0.25, 0.3) is 15.9 Å². The molecule has 0 aliphatic carbocycles. The molecule has 0 saturated heterocycles. The molecule has 3 rings (SSSR count). The molecule has 0 aromatic heterocycles. The van der Waals surface area contributed by atoms with Crippen molar-refractivity contribution in [1.82, 2.24) is 0 Å². The lowest BCUT2D eigenvalue weighted by Crippen LogP contribution is -2.16. The molecule has 0 radical (unpaired) electrons. The molecular formula is C23H22N2O4S. The number of hydrogen-bond donors (Lipinski definition) is 2. The SMILES string of the molecule is CC(=O)c1cccc(NC(=O)c2cccc(NS(=O)(=O)c3cc(C)ccc3C)c2)c1. The fourth-order valence-electron chi connectivity index (χ4n) is 2.95. The summed E-state index contributed by atoms with van der Waals surface area (Å²) in [5, 5.41) is 2.72. The van der Waals surface area contributed by atoms with Crippen LogP contribution in [0.5, 0.6) is 0 Å². The smallest absolute Gasteiger partial charge is 0.262 e. The summed E-state index contributed by atoms with van der Waals surface area (Å²) in [6, 6.07) is 18.1. The highest BCUT2D eigenvalue weighted by atomic mass is 32.2. The van der Waals surface area contributed by atoms with Crippen LogP contribution in [0.2, 0.25) is 0 Å². The second-order valence-corrected chi connectivity index (χ2v) is 8.70. The van der Waals surface area contributed by atoms with Gasteiger partial charge in [0.2, 0.25) is 0 Å². The number of sulfonamides is 1. The van der Waals surface area contributed by atoms with Gasteiger partial charge >= 0.3 is 0 Å². The maximum Gasteiger partial charge on any atom is 0.262 e. The van der Waals surface area contributed by atoms with Crippen molar-refractivity contribution in [3.63, 3.8) is 0 Å². The first-order valence-electron chi connectivity index (χ1n) is 9.28. The largest absolute Gasteiger partial charge is 0.322 e. The molecule has 7 heteroatoms. The van der Waals surface area contributed by atoms with Gasteiger partial charge in [0.1, 0.15) is 0 Å². The molecule has 0 bridgehead atoms. The predicted octanol–water partition coefficient (Wildman–Crippen LogP) is 4.56. The zero-order chi connectivity index (χ0) is 21.9. The quantitative estimate of drug-likeness (QED) is 0.570. The number of hydrogen-bond acceptors (Lipinski definition) is 4. The zero-order valence-electron chi connectivity index (χ0n) is 16.9. The van der Waals surface area contributed by atoms with Gasteiger partial charge in [0.15, 0.2) is 5.78 Å². The van der Waals surface area contributed by atoms with Gasteiger partial charge in [-0.3, -0.25) is 14.3 Å². The normalized spacial score (nSPS) is 11.0. The van der Waals surface area contributed by atoms with Crippen molar-refractivity contribution < 1.29 is 18.0 Å². The summed E-state index contributed by atoms with van der Waals surface area (Å²) in [5.41, 5.74) is 3.00. The van der Waals surface area contributed by atoms with E-state index in [1.165, 1.54) is 13.0 Å². The van der Waals surface area contributed by atoms with E-state index in [0.717, 1.165) is 5.56 Å². The Labute approximate surface area is 176 Å². The summed E-state index contributed by atoms with van der Waals surface area (Å²) in [5.74, 6) is -0.516. The Morgan fingerprint density at radius 2 is 1.43 bits per heavy atom. The van der Waals surface area contributed by atoms with Crippen molar-refractivity contribution in [2.75, 3.05) is 10.0 Å². The zero-order valence-corrected chi connectivity index (χ0v) is 17.7. The van der Waals surface area contributed by atoms with Gasteiger partial charge < -0.3 is 5.32 Å². The molecule has 6 nitrogen and oxygen atoms in total. The molecule has 3 aromatic carbocycles. The number of anilines is 2. The first-order valence-corrected chi connectivity index (χ1v) is 10.8. The number of aryl methyl sites for hydroxylation is 2. The first-order chi connectivity index (χ1) is 14.2. The minimum atomic E-state index is -3.80. The van der Waals surface area contributed by atoms with E-state index in [-0.39, 0.29) is 21.9 Å². The Bertz CT molecular complexity index is 1230. The lowest BCUT2D eigenvalue weighted by atomic mass is 10.1. The molecule has 0 aliphatic rings. The summed E-state index contributed by atoms with van der Waals surface area (Å²) in [7, 11) is -3.80. The summed E-state index contributed by atoms with van der Waals surface area (Å²) < 4.78 is 28.1. The molecule has 2 N–H and O–H groups in total. The molecule has 0 unspecified atom stereocenters. The van der Waals surface area contributed by atoms with E-state index in [0.29, 0.717) is 16.8 Å². The van der Waals surface area contributed by atoms with Crippen LogP contribution in [0.25, 0.3) is 0 Å². The maximum absolute atomic E-state index is 12.8. The highest BCUT2D eigenvalue weighted by Gasteiger charge is 2.18. The van der Waals surface area contributed by atoms with Crippen LogP contribution in [0.3, 0.4) is 0 Å². The molecule has 0 saturated carbocycles. The Balaban J connectivity index is 1.82. The lowest BCUT2D eigenvalue weighted by molar-refractivity contribution is 0.101. The van der Waals surface area contributed by atoms with Crippen LogP contribution in [0.4, 0.5) is 11.4 Å². The van der Waals surface area contributed by atoms with Gasteiger partial charge in [-0.05, 0) is 68.3 Å². The molecule has 0 spiro atoms. The second-order valence-electron chi connectivity index (χ2n) is 7.05. The van der Waals surface area contributed by atoms with Crippen molar-refractivity contribution in [3.8, 4) is 0 Å². The van der Waals surface area contributed by atoms with Gasteiger partial charge in [-0.25, -0.2) is 8.42 Å². The van der Waals surface area contributed by atoms with Crippen molar-refractivity contribution in [3.05, 3.63) is 89.0 Å². The van der Waals surface area contributed by atoms with Crippen LogP contribution >= 0.6 is 0 Å². The topological polar surface area (TPSA) is 92.3 Å². The van der Waals surface area contributed by atoms with Gasteiger partial charge in [0, 0.05) is 22.5 Å². The number of nitrogens with one attached hydrogen (secondary N) is 2. The molecular weight excluding hydrogens is 400 g/mol. The maximum atomic E-state index is 12.8. The van der Waals surface area contributed by atoms with E-state index in [1.54, 1.807) is 61.5 Å². The van der Waals surface area contributed by atoms with Crippen molar-refractivity contribution in [2.24, 2.45) is 0 Å². The van der Waals surface area contributed by atoms with E-state index < -0.39 is 15.9 Å². The van der Waals surface area contributed by atoms with Gasteiger partial charge in [-0.1, -0.05) is 30.3 Å². The van der Waals surface area contributed by atoms with E-state index in [4.69, 9.17) is 0 Å². The third-order valence-electron chi connectivity index (χ3n) is 4.54. The average Bonchev–Trinajstić information content (AvgIpc) is 2.69. The molecule has 0 atom stereocenters. The van der Waals surface area contributed by atoms with E-state index in [2.05, 4.69) is 10.0 Å². The van der Waals surface area contributed by atoms with Crippen LogP contribution in [-0.2, 0) is 10.0 Å². The number of benzene rings is 3. The van der Waals surface area contributed by atoms with Crippen molar-refractivity contribution in [2.45, 2.75) is 25.7 Å². The number of carbonyl (C=O) groups is 2. The highest BCUT2D eigenvalue weighted by molar-refractivity contribution is 7.92. The molecule has 30 heavy (non-hydrogen) atoms. The van der Waals surface area contributed by atoms with E-state index in [1.807, 2.05) is 13.0 Å². The van der Waals surface area contributed by atoms with Gasteiger partial charge in [-0.2, -0.15) is 0 Å². The number of rotatable bonds is 6. The van der Waals surface area contributed by atoms with Crippen LogP contribution in [0.15, 0.2) is 71.6 Å². The Kier molecular flexibility index (Phi) is 6.03. The molecule has 0 aliphatic heterocycles. The standard InChI is InChI=1S/C23H22N2O4S/c1-15-10-11-16(2)22(12-15)30(28,29)25-21-9-5-7-19(14-21)23(27)24-20-8-4-6-18(13-20)17(3)26/h4-14,25H,1-3H3,(H,24,27). The third-order valence-corrected chi connectivity index (χ3v) is 6.06. The predicted molar refractivity (Wildman–Crippen MR) is 118 cm³/mol. The Morgan fingerprint density at radius 1 is 0.800 bits per heavy atom. The summed E-state index contributed by atoms with van der Waals surface area (Å²) >= 11 is 0. The van der Waals surface area contributed by atoms with Crippen molar-refractivity contribution in [1.29, 1.82) is 0 Å². The fraction of sp³-hybridized carbons (Fsp3) is 0.130. The minimum Gasteiger partial charge on any atom is -0.322 e. The van der Waals surface area contributed by atoms with Gasteiger partial charge in [-0.15, -0.1) is 0 Å². The van der Waals surface area contributed by atoms with E-state index in [9.17, 15) is 18.0 Å².